The summed E-state index contributed by atoms with van der Waals surface area (Å²) in [5, 5.41) is 5.07. The van der Waals surface area contributed by atoms with Gasteiger partial charge in [-0.2, -0.15) is 0 Å². The van der Waals surface area contributed by atoms with Crippen molar-refractivity contribution in [2.24, 2.45) is 0 Å². The van der Waals surface area contributed by atoms with Gasteiger partial charge < -0.3 is 10.6 Å². The van der Waals surface area contributed by atoms with E-state index in [0.717, 1.165) is 0 Å². The normalized spacial score (nSPS) is 10.0. The van der Waals surface area contributed by atoms with Crippen LogP contribution in [0.5, 0.6) is 0 Å². The Labute approximate surface area is 129 Å². The average molecular weight is 351 g/mol. The minimum Gasteiger partial charge on any atom is -0.326 e. The van der Waals surface area contributed by atoms with Crippen LogP contribution in [0.15, 0.2) is 46.9 Å². The molecule has 0 saturated carbocycles. The molecule has 4 nitrogen and oxygen atoms in total. The minimum atomic E-state index is -0.532. The molecule has 21 heavy (non-hydrogen) atoms. The molecule has 0 unspecified atom stereocenters. The molecular formula is C15H12BrFN2O2. The number of carbonyl (C=O) groups is 2. The molecule has 0 heterocycles. The maximum atomic E-state index is 13.7. The van der Waals surface area contributed by atoms with Crippen molar-refractivity contribution in [2.75, 3.05) is 10.6 Å². The Morgan fingerprint density at radius 1 is 1.10 bits per heavy atom. The highest BCUT2D eigenvalue weighted by Crippen LogP contribution is 2.20. The molecule has 0 radical (unpaired) electrons. The standard InChI is InChI=1S/C15H12BrFN2O2/c1-9(20)18-12-4-2-3-10(7-12)15(21)19-14-6-5-11(16)8-13(14)17/h2-8H,1H3,(H,18,20)(H,19,21). The van der Waals surface area contributed by atoms with Crippen LogP contribution in [0.3, 0.4) is 0 Å². The van der Waals surface area contributed by atoms with Gasteiger partial charge in [-0.15, -0.1) is 0 Å². The van der Waals surface area contributed by atoms with Crippen LogP contribution in [0, 0.1) is 5.82 Å². The molecule has 2 amide bonds. The monoisotopic (exact) mass is 350 g/mol. The summed E-state index contributed by atoms with van der Waals surface area (Å²) in [4.78, 5) is 23.1. The Balaban J connectivity index is 2.18. The predicted octanol–water partition coefficient (Wildman–Crippen LogP) is 3.80. The molecule has 0 saturated heterocycles. The maximum Gasteiger partial charge on any atom is 0.255 e. The van der Waals surface area contributed by atoms with Crippen molar-refractivity contribution in [3.8, 4) is 0 Å². The number of benzene rings is 2. The van der Waals surface area contributed by atoms with Gasteiger partial charge in [-0.05, 0) is 36.4 Å². The summed E-state index contributed by atoms with van der Waals surface area (Å²) in [6.07, 6.45) is 0. The highest BCUT2D eigenvalue weighted by molar-refractivity contribution is 9.10. The Hall–Kier alpha value is -2.21. The first-order chi connectivity index (χ1) is 9.95. The van der Waals surface area contributed by atoms with Gasteiger partial charge in [-0.1, -0.05) is 22.0 Å². The van der Waals surface area contributed by atoms with E-state index in [1.54, 1.807) is 24.3 Å². The van der Waals surface area contributed by atoms with Gasteiger partial charge >= 0.3 is 0 Å². The molecular weight excluding hydrogens is 339 g/mol. The van der Waals surface area contributed by atoms with Crippen molar-refractivity contribution in [1.29, 1.82) is 0 Å². The SMILES string of the molecule is CC(=O)Nc1cccc(C(=O)Nc2ccc(Br)cc2F)c1. The fraction of sp³-hybridized carbons (Fsp3) is 0.0667. The lowest BCUT2D eigenvalue weighted by Gasteiger charge is -2.08. The van der Waals surface area contributed by atoms with Crippen LogP contribution in [0.2, 0.25) is 0 Å². The Kier molecular flexibility index (Phi) is 4.70. The molecule has 0 aliphatic rings. The zero-order chi connectivity index (χ0) is 15.4. The lowest BCUT2D eigenvalue weighted by Crippen LogP contribution is -2.14. The molecule has 0 atom stereocenters. The van der Waals surface area contributed by atoms with Crippen LogP contribution in [0.25, 0.3) is 0 Å². The summed E-state index contributed by atoms with van der Waals surface area (Å²) < 4.78 is 14.3. The van der Waals surface area contributed by atoms with Crippen molar-refractivity contribution in [3.05, 3.63) is 58.3 Å². The lowest BCUT2D eigenvalue weighted by molar-refractivity contribution is -0.114. The number of amides is 2. The summed E-state index contributed by atoms with van der Waals surface area (Å²) in [6.45, 7) is 1.38. The van der Waals surface area contributed by atoms with E-state index in [9.17, 15) is 14.0 Å². The molecule has 0 aromatic heterocycles. The van der Waals surface area contributed by atoms with Crippen LogP contribution >= 0.6 is 15.9 Å². The van der Waals surface area contributed by atoms with Crippen LogP contribution in [0.1, 0.15) is 17.3 Å². The number of carbonyl (C=O) groups excluding carboxylic acids is 2. The van der Waals surface area contributed by atoms with E-state index >= 15 is 0 Å². The van der Waals surface area contributed by atoms with E-state index in [0.29, 0.717) is 15.7 Å². The Morgan fingerprint density at radius 3 is 2.52 bits per heavy atom. The zero-order valence-corrected chi connectivity index (χ0v) is 12.7. The van der Waals surface area contributed by atoms with Gasteiger partial charge in [0.15, 0.2) is 0 Å². The average Bonchev–Trinajstić information content (AvgIpc) is 2.41. The van der Waals surface area contributed by atoms with Crippen molar-refractivity contribution in [2.45, 2.75) is 6.92 Å². The van der Waals surface area contributed by atoms with E-state index in [-0.39, 0.29) is 11.6 Å². The van der Waals surface area contributed by atoms with Gasteiger partial charge in [0, 0.05) is 22.6 Å². The number of hydrogen-bond acceptors (Lipinski definition) is 2. The molecule has 0 fully saturated rings. The number of halogens is 2. The fourth-order valence-corrected chi connectivity index (χ4v) is 2.06. The first kappa shape index (κ1) is 15.2. The smallest absolute Gasteiger partial charge is 0.255 e. The molecule has 2 aromatic rings. The van der Waals surface area contributed by atoms with Gasteiger partial charge in [-0.3, -0.25) is 9.59 Å². The van der Waals surface area contributed by atoms with Crippen LogP contribution in [-0.4, -0.2) is 11.8 Å². The second-order valence-electron chi connectivity index (χ2n) is 4.34. The molecule has 2 N–H and O–H groups in total. The van der Waals surface area contributed by atoms with E-state index in [1.165, 1.54) is 25.1 Å². The summed E-state index contributed by atoms with van der Waals surface area (Å²) >= 11 is 3.15. The molecule has 2 aromatic carbocycles. The minimum absolute atomic E-state index is 0.0909. The van der Waals surface area contributed by atoms with Crippen molar-refractivity contribution in [3.63, 3.8) is 0 Å². The van der Waals surface area contributed by atoms with Crippen LogP contribution in [-0.2, 0) is 4.79 Å². The third kappa shape index (κ3) is 4.13. The van der Waals surface area contributed by atoms with Crippen LogP contribution in [0.4, 0.5) is 15.8 Å². The first-order valence-corrected chi connectivity index (χ1v) is 6.89. The third-order valence-corrected chi connectivity index (χ3v) is 3.12. The summed E-state index contributed by atoms with van der Waals surface area (Å²) in [5.41, 5.74) is 0.920. The number of hydrogen-bond donors (Lipinski definition) is 2. The van der Waals surface area contributed by atoms with E-state index in [1.807, 2.05) is 0 Å². The topological polar surface area (TPSA) is 58.2 Å². The van der Waals surface area contributed by atoms with Gasteiger partial charge in [-0.25, -0.2) is 4.39 Å². The zero-order valence-electron chi connectivity index (χ0n) is 11.1. The second kappa shape index (κ2) is 6.49. The highest BCUT2D eigenvalue weighted by Gasteiger charge is 2.10. The van der Waals surface area contributed by atoms with Crippen molar-refractivity contribution >= 4 is 39.1 Å². The predicted molar refractivity (Wildman–Crippen MR) is 82.8 cm³/mol. The van der Waals surface area contributed by atoms with Crippen LogP contribution < -0.4 is 10.6 Å². The van der Waals surface area contributed by atoms with E-state index < -0.39 is 11.7 Å². The molecule has 0 bridgehead atoms. The third-order valence-electron chi connectivity index (χ3n) is 2.62. The highest BCUT2D eigenvalue weighted by atomic mass is 79.9. The lowest BCUT2D eigenvalue weighted by atomic mass is 10.2. The number of anilines is 2. The maximum absolute atomic E-state index is 13.7. The number of nitrogens with one attached hydrogen (secondary N) is 2. The largest absolute Gasteiger partial charge is 0.326 e. The summed E-state index contributed by atoms with van der Waals surface area (Å²) in [6, 6.07) is 10.8. The van der Waals surface area contributed by atoms with Crippen molar-refractivity contribution < 1.29 is 14.0 Å². The van der Waals surface area contributed by atoms with Gasteiger partial charge in [0.25, 0.3) is 5.91 Å². The van der Waals surface area contributed by atoms with Gasteiger partial charge in [0.1, 0.15) is 5.82 Å². The van der Waals surface area contributed by atoms with Gasteiger partial charge in [0.2, 0.25) is 5.91 Å². The molecule has 6 heteroatoms. The summed E-state index contributed by atoms with van der Waals surface area (Å²) in [7, 11) is 0. The van der Waals surface area contributed by atoms with Gasteiger partial charge in [0.05, 0.1) is 5.69 Å². The molecule has 0 aliphatic carbocycles. The summed E-state index contributed by atoms with van der Waals surface area (Å²) in [5.74, 6) is -1.22. The fourth-order valence-electron chi connectivity index (χ4n) is 1.73. The molecule has 2 rings (SSSR count). The molecule has 108 valence electrons. The second-order valence-corrected chi connectivity index (χ2v) is 5.26. The quantitative estimate of drug-likeness (QED) is 0.884. The van der Waals surface area contributed by atoms with E-state index in [2.05, 4.69) is 26.6 Å². The van der Waals surface area contributed by atoms with Crippen molar-refractivity contribution in [1.82, 2.24) is 0 Å². The molecule has 0 spiro atoms. The van der Waals surface area contributed by atoms with E-state index in [4.69, 9.17) is 0 Å². The Bertz CT molecular complexity index is 704. The molecule has 0 aliphatic heterocycles. The Morgan fingerprint density at radius 2 is 1.86 bits per heavy atom. The first-order valence-electron chi connectivity index (χ1n) is 6.10. The number of rotatable bonds is 3.